The largest absolute Gasteiger partial charge is 0.279 e. The highest BCUT2D eigenvalue weighted by molar-refractivity contribution is 7.94. The molecule has 0 saturated carbocycles. The van der Waals surface area contributed by atoms with Crippen LogP contribution >= 0.6 is 0 Å². The summed E-state index contributed by atoms with van der Waals surface area (Å²) in [5.74, 6) is -1.38. The van der Waals surface area contributed by atoms with Gasteiger partial charge in [-0.1, -0.05) is 32.0 Å². The third kappa shape index (κ3) is 3.70. The van der Waals surface area contributed by atoms with E-state index in [4.69, 9.17) is 0 Å². The van der Waals surface area contributed by atoms with Crippen molar-refractivity contribution in [3.63, 3.8) is 0 Å². The number of hydrogen-bond donors (Lipinski definition) is 1. The fourth-order valence-corrected chi connectivity index (χ4v) is 5.90. The molecule has 0 radical (unpaired) electrons. The Morgan fingerprint density at radius 3 is 2.30 bits per heavy atom. The minimum atomic E-state index is -3.84. The van der Waals surface area contributed by atoms with Crippen LogP contribution in [0.1, 0.15) is 19.4 Å². The van der Waals surface area contributed by atoms with E-state index < -0.39 is 31.9 Å². The molecule has 27 heavy (non-hydrogen) atoms. The average Bonchev–Trinajstić information content (AvgIpc) is 2.82. The maximum absolute atomic E-state index is 12.6. The van der Waals surface area contributed by atoms with Gasteiger partial charge in [0.05, 0.1) is 27.9 Å². The Morgan fingerprint density at radius 2 is 1.74 bits per heavy atom. The molecule has 2 aromatic carbocycles. The van der Waals surface area contributed by atoms with Crippen molar-refractivity contribution in [3.8, 4) is 0 Å². The maximum atomic E-state index is 12.6. The average molecular weight is 409 g/mol. The van der Waals surface area contributed by atoms with Gasteiger partial charge in [-0.15, -0.1) is 0 Å². The Morgan fingerprint density at radius 1 is 1.11 bits per heavy atom. The fourth-order valence-electron chi connectivity index (χ4n) is 2.98. The molecule has 0 spiro atoms. The molecule has 1 fully saturated rings. The maximum Gasteiger partial charge on any atom is 0.261 e. The highest BCUT2D eigenvalue weighted by Gasteiger charge is 2.41. The molecule has 1 aliphatic rings. The summed E-state index contributed by atoms with van der Waals surface area (Å²) in [4.78, 5) is 12.1. The van der Waals surface area contributed by atoms with Crippen LogP contribution in [0.2, 0.25) is 0 Å². The van der Waals surface area contributed by atoms with E-state index in [0.717, 1.165) is 9.87 Å². The zero-order valence-corrected chi connectivity index (χ0v) is 16.5. The highest BCUT2D eigenvalue weighted by atomic mass is 32.2. The number of para-hydroxylation sites is 1. The van der Waals surface area contributed by atoms with Gasteiger partial charge in [-0.2, -0.15) is 0 Å². The van der Waals surface area contributed by atoms with E-state index in [-0.39, 0.29) is 16.3 Å². The van der Waals surface area contributed by atoms with Gasteiger partial charge in [0.1, 0.15) is 0 Å². The molecule has 0 aromatic heterocycles. The number of nitrogens with one attached hydrogen (secondary N) is 1. The lowest BCUT2D eigenvalue weighted by atomic mass is 10.1. The van der Waals surface area contributed by atoms with Gasteiger partial charge in [-0.3, -0.25) is 9.52 Å². The molecule has 0 unspecified atom stereocenters. The van der Waals surface area contributed by atoms with E-state index in [1.807, 2.05) is 19.1 Å². The zero-order valence-electron chi connectivity index (χ0n) is 14.9. The van der Waals surface area contributed by atoms with Gasteiger partial charge in [-0.25, -0.2) is 21.1 Å². The summed E-state index contributed by atoms with van der Waals surface area (Å²) in [5.41, 5.74) is 1.49. The van der Waals surface area contributed by atoms with E-state index in [0.29, 0.717) is 12.1 Å². The third-order valence-electron chi connectivity index (χ3n) is 4.38. The van der Waals surface area contributed by atoms with Crippen molar-refractivity contribution in [2.75, 3.05) is 14.8 Å². The molecule has 1 saturated heterocycles. The van der Waals surface area contributed by atoms with Crippen LogP contribution in [0, 0.1) is 5.92 Å². The Kier molecular flexibility index (Phi) is 5.00. The summed E-state index contributed by atoms with van der Waals surface area (Å²) in [6, 6.07) is 12.3. The number of amides is 1. The summed E-state index contributed by atoms with van der Waals surface area (Å²) in [6.45, 7) is 3.48. The summed E-state index contributed by atoms with van der Waals surface area (Å²) >= 11 is 0. The number of benzene rings is 2. The number of rotatable bonds is 5. The molecule has 1 amide bonds. The van der Waals surface area contributed by atoms with Gasteiger partial charge in [0.2, 0.25) is 15.9 Å². The van der Waals surface area contributed by atoms with Gasteiger partial charge in [0, 0.05) is 0 Å². The number of aryl methyl sites for hydroxylation is 1. The van der Waals surface area contributed by atoms with Gasteiger partial charge in [0.15, 0.2) is 0 Å². The Hall–Kier alpha value is -2.39. The molecular weight excluding hydrogens is 388 g/mol. The standard InChI is InChI=1S/C18H20N2O5S2/c1-3-14-6-4-5-7-17(14)19-27(24,25)16-10-8-15(9-11-16)20-18(21)13(2)12-26(20,22)23/h4-11,13,19H,3,12H2,1-2H3/t13-/m0/s1. The van der Waals surface area contributed by atoms with Crippen LogP contribution in [0.25, 0.3) is 0 Å². The third-order valence-corrected chi connectivity index (χ3v) is 7.63. The van der Waals surface area contributed by atoms with E-state index in [1.165, 1.54) is 24.3 Å². The second kappa shape index (κ2) is 6.97. The lowest BCUT2D eigenvalue weighted by Crippen LogP contribution is -2.30. The van der Waals surface area contributed by atoms with E-state index >= 15 is 0 Å². The van der Waals surface area contributed by atoms with Crippen molar-refractivity contribution in [1.82, 2.24) is 0 Å². The molecule has 144 valence electrons. The van der Waals surface area contributed by atoms with Crippen molar-refractivity contribution in [2.24, 2.45) is 5.92 Å². The predicted octanol–water partition coefficient (Wildman–Crippen LogP) is 2.36. The predicted molar refractivity (Wildman–Crippen MR) is 104 cm³/mol. The summed E-state index contributed by atoms with van der Waals surface area (Å²) in [6.07, 6.45) is 0.671. The lowest BCUT2D eigenvalue weighted by molar-refractivity contribution is -0.119. The minimum absolute atomic E-state index is 0.0192. The first kappa shape index (κ1) is 19.4. The number of hydrogen-bond acceptors (Lipinski definition) is 5. The monoisotopic (exact) mass is 408 g/mol. The van der Waals surface area contributed by atoms with Gasteiger partial charge in [-0.05, 0) is 42.3 Å². The van der Waals surface area contributed by atoms with Gasteiger partial charge in [0.25, 0.3) is 10.0 Å². The Labute approximate surface area is 159 Å². The molecule has 1 aliphatic heterocycles. The minimum Gasteiger partial charge on any atom is -0.279 e. The van der Waals surface area contributed by atoms with Crippen molar-refractivity contribution >= 4 is 37.3 Å². The molecule has 1 atom stereocenters. The van der Waals surface area contributed by atoms with Crippen molar-refractivity contribution in [3.05, 3.63) is 54.1 Å². The molecule has 9 heteroatoms. The van der Waals surface area contributed by atoms with Crippen LogP contribution < -0.4 is 9.03 Å². The van der Waals surface area contributed by atoms with E-state index in [2.05, 4.69) is 4.72 Å². The fraction of sp³-hybridized carbons (Fsp3) is 0.278. The molecule has 3 rings (SSSR count). The van der Waals surface area contributed by atoms with E-state index in [9.17, 15) is 21.6 Å². The summed E-state index contributed by atoms with van der Waals surface area (Å²) in [5, 5.41) is 0. The summed E-state index contributed by atoms with van der Waals surface area (Å²) < 4.78 is 52.9. The molecular formula is C18H20N2O5S2. The van der Waals surface area contributed by atoms with Crippen LogP contribution in [0.15, 0.2) is 53.4 Å². The first-order chi connectivity index (χ1) is 12.7. The molecule has 0 bridgehead atoms. The Bertz CT molecular complexity index is 1080. The van der Waals surface area contributed by atoms with Crippen LogP contribution in [0.4, 0.5) is 11.4 Å². The van der Waals surface area contributed by atoms with E-state index in [1.54, 1.807) is 19.1 Å². The lowest BCUT2D eigenvalue weighted by Gasteiger charge is -2.16. The van der Waals surface area contributed by atoms with Crippen LogP contribution in [-0.4, -0.2) is 28.5 Å². The van der Waals surface area contributed by atoms with Crippen LogP contribution in [-0.2, 0) is 31.3 Å². The second-order valence-corrected chi connectivity index (χ2v) is 9.94. The molecule has 7 nitrogen and oxygen atoms in total. The first-order valence-electron chi connectivity index (χ1n) is 8.43. The highest BCUT2D eigenvalue weighted by Crippen LogP contribution is 2.29. The van der Waals surface area contributed by atoms with Crippen molar-refractivity contribution < 1.29 is 21.6 Å². The van der Waals surface area contributed by atoms with Gasteiger partial charge < -0.3 is 0 Å². The van der Waals surface area contributed by atoms with Crippen molar-refractivity contribution in [1.29, 1.82) is 0 Å². The Balaban J connectivity index is 1.90. The zero-order chi connectivity index (χ0) is 19.8. The molecule has 1 N–H and O–H groups in total. The molecule has 0 aliphatic carbocycles. The summed E-state index contributed by atoms with van der Waals surface area (Å²) in [7, 11) is -7.57. The number of carbonyl (C=O) groups excluding carboxylic acids is 1. The topological polar surface area (TPSA) is 101 Å². The number of nitrogens with zero attached hydrogens (tertiary/aromatic N) is 1. The molecule has 2 aromatic rings. The SMILES string of the molecule is CCc1ccccc1NS(=O)(=O)c1ccc(N2C(=O)[C@@H](C)CS2(=O)=O)cc1. The first-order valence-corrected chi connectivity index (χ1v) is 11.5. The van der Waals surface area contributed by atoms with Gasteiger partial charge >= 0.3 is 0 Å². The quantitative estimate of drug-likeness (QED) is 0.819. The number of sulfonamides is 2. The van der Waals surface area contributed by atoms with Crippen LogP contribution in [0.5, 0.6) is 0 Å². The van der Waals surface area contributed by atoms with Crippen molar-refractivity contribution in [2.45, 2.75) is 25.2 Å². The smallest absolute Gasteiger partial charge is 0.261 e. The molecule has 1 heterocycles. The number of anilines is 2. The number of carbonyl (C=O) groups is 1. The second-order valence-electron chi connectivity index (χ2n) is 6.39. The van der Waals surface area contributed by atoms with Crippen LogP contribution in [0.3, 0.4) is 0 Å². The normalized spacial score (nSPS) is 19.3.